The van der Waals surface area contributed by atoms with Crippen LogP contribution in [0.25, 0.3) is 0 Å². The molecule has 11 nitrogen and oxygen atoms in total. The van der Waals surface area contributed by atoms with E-state index in [0.29, 0.717) is 4.57 Å². The van der Waals surface area contributed by atoms with Gasteiger partial charge in [0.15, 0.2) is 6.23 Å². The van der Waals surface area contributed by atoms with E-state index < -0.39 is 67.5 Å². The summed E-state index contributed by atoms with van der Waals surface area (Å²) in [5, 5.41) is 12.8. The Morgan fingerprint density at radius 3 is 2.51 bits per heavy atom. The molecule has 0 spiro atoms. The number of aromatic nitrogens is 2. The van der Waals surface area contributed by atoms with Gasteiger partial charge >= 0.3 is 19.9 Å². The maximum absolute atomic E-state index is 15.6. The van der Waals surface area contributed by atoms with Gasteiger partial charge in [-0.25, -0.2) is 13.9 Å². The van der Waals surface area contributed by atoms with E-state index in [2.05, 4.69) is 10.1 Å². The Bertz CT molecular complexity index is 1270. The molecule has 3 rings (SSSR count). The van der Waals surface area contributed by atoms with Crippen molar-refractivity contribution in [2.24, 2.45) is 0 Å². The Balaban J connectivity index is 1.89. The van der Waals surface area contributed by atoms with Crippen LogP contribution < -0.4 is 15.3 Å². The fourth-order valence-corrected chi connectivity index (χ4v) is 5.34. The number of anilines is 1. The summed E-state index contributed by atoms with van der Waals surface area (Å²) in [6.07, 6.45) is -12.6. The second kappa shape index (κ2) is 11.9. The molecule has 1 aromatic heterocycles. The monoisotopic (exact) mass is 598 g/mol. The second-order valence-electron chi connectivity index (χ2n) is 8.81. The average molecular weight is 599 g/mol. The molecule has 39 heavy (non-hydrogen) atoms. The molecule has 1 aliphatic heterocycles. The molecule has 0 radical (unpaired) electrons. The van der Waals surface area contributed by atoms with Crippen molar-refractivity contribution in [2.45, 2.75) is 63.2 Å². The molecule has 0 amide bonds. The molecule has 0 aliphatic carbocycles. The van der Waals surface area contributed by atoms with E-state index >= 15 is 4.39 Å². The Labute approximate surface area is 225 Å². The first-order valence-electron chi connectivity index (χ1n) is 11.5. The second-order valence-corrected chi connectivity index (χ2v) is 10.9. The Morgan fingerprint density at radius 2 is 1.95 bits per heavy atom. The van der Waals surface area contributed by atoms with E-state index in [1.165, 1.54) is 31.2 Å². The minimum atomic E-state index is -5.64. The number of para-hydroxylation sites is 1. The minimum absolute atomic E-state index is 0.0120. The van der Waals surface area contributed by atoms with Crippen molar-refractivity contribution in [3.05, 3.63) is 47.4 Å². The number of nitrogens with two attached hydrogens (primary N) is 1. The summed E-state index contributed by atoms with van der Waals surface area (Å²) in [5.41, 5.74) is 1.11. The number of carbonyl (C=O) groups excluding carboxylic acids is 1. The number of esters is 1. The summed E-state index contributed by atoms with van der Waals surface area (Å²) in [7, 11) is -4.57. The molecule has 1 saturated heterocycles. The molecule has 6 atom stereocenters. The van der Waals surface area contributed by atoms with E-state index in [1.807, 2.05) is 0 Å². The summed E-state index contributed by atoms with van der Waals surface area (Å²) in [5.74, 6) is -0.952. The standard InChI is InChI=1S/C22H27F4N4O7PS/c1-12(2)35-18(32)13(3)29-38(33,37-14-7-5-4-6-8-14)34-11-15-17(31)21(23,22(24,25)26)19(36-15)30-10-9-16(27)28-20(30)39/h4-10,12-13,15,17,19,31H,11H2,1-3H3,(H,29,33)(H2,27,28,39)/t13-,15+,17-,19+,21?,38?/m0/s1. The van der Waals surface area contributed by atoms with Gasteiger partial charge in [-0.2, -0.15) is 18.3 Å². The van der Waals surface area contributed by atoms with Crippen molar-refractivity contribution < 1.29 is 50.5 Å². The van der Waals surface area contributed by atoms with Gasteiger partial charge in [0, 0.05) is 6.20 Å². The first-order chi connectivity index (χ1) is 18.1. The SMILES string of the molecule is CC(C)OC(=O)[C@H](C)NP(=O)(OC[C@H]1O[C@@H](n2ccc(N)nc2=S)C(F)(C(F)(F)F)[C@H]1O)Oc1ccccc1. The van der Waals surface area contributed by atoms with E-state index in [4.69, 9.17) is 36.5 Å². The van der Waals surface area contributed by atoms with Crippen molar-refractivity contribution in [3.8, 4) is 5.75 Å². The van der Waals surface area contributed by atoms with Crippen LogP contribution in [-0.2, 0) is 23.4 Å². The Hall–Kier alpha value is -2.62. The molecule has 0 bridgehead atoms. The van der Waals surface area contributed by atoms with Gasteiger partial charge in [-0.1, -0.05) is 18.2 Å². The maximum atomic E-state index is 15.6. The van der Waals surface area contributed by atoms with Crippen LogP contribution in [0.3, 0.4) is 0 Å². The summed E-state index contributed by atoms with van der Waals surface area (Å²) in [6, 6.07) is 7.31. The molecule has 2 heterocycles. The number of rotatable bonds is 10. The number of carbonyl (C=O) groups is 1. The highest BCUT2D eigenvalue weighted by molar-refractivity contribution is 7.71. The van der Waals surface area contributed by atoms with E-state index in [9.17, 15) is 27.6 Å². The van der Waals surface area contributed by atoms with Crippen molar-refractivity contribution in [2.75, 3.05) is 12.3 Å². The number of aliphatic hydroxyl groups excluding tert-OH is 1. The van der Waals surface area contributed by atoms with E-state index in [0.717, 1.165) is 12.3 Å². The summed E-state index contributed by atoms with van der Waals surface area (Å²) in [6.45, 7) is 3.41. The molecule has 216 valence electrons. The summed E-state index contributed by atoms with van der Waals surface area (Å²) in [4.78, 5) is 15.9. The molecular formula is C22H27F4N4O7PS. The molecule has 1 aliphatic rings. The number of halogens is 4. The topological polar surface area (TPSA) is 147 Å². The summed E-state index contributed by atoms with van der Waals surface area (Å²) < 4.78 is 92.0. The van der Waals surface area contributed by atoms with Crippen LogP contribution >= 0.6 is 20.0 Å². The molecule has 1 aromatic carbocycles. The average Bonchev–Trinajstić information content (AvgIpc) is 3.09. The van der Waals surface area contributed by atoms with Crippen molar-refractivity contribution >= 4 is 31.8 Å². The highest BCUT2D eigenvalue weighted by Gasteiger charge is 2.73. The number of ether oxygens (including phenoxy) is 2. The molecule has 1 fully saturated rings. The quantitative estimate of drug-likeness (QED) is 0.159. The van der Waals surface area contributed by atoms with Crippen LogP contribution in [0, 0.1) is 4.77 Å². The third-order valence-electron chi connectivity index (χ3n) is 5.42. The lowest BCUT2D eigenvalue weighted by atomic mass is 9.95. The Kier molecular flexibility index (Phi) is 9.40. The van der Waals surface area contributed by atoms with E-state index in [-0.39, 0.29) is 11.6 Å². The lowest BCUT2D eigenvalue weighted by Crippen LogP contribution is -2.54. The van der Waals surface area contributed by atoms with Gasteiger partial charge in [-0.3, -0.25) is 13.9 Å². The van der Waals surface area contributed by atoms with Crippen LogP contribution in [0.15, 0.2) is 42.6 Å². The van der Waals surface area contributed by atoms with Crippen molar-refractivity contribution in [1.82, 2.24) is 14.6 Å². The van der Waals surface area contributed by atoms with Crippen LogP contribution in [0.5, 0.6) is 5.75 Å². The minimum Gasteiger partial charge on any atom is -0.462 e. The molecule has 0 saturated carbocycles. The normalized spacial score (nSPS) is 25.7. The number of hydrogen-bond acceptors (Lipinski definition) is 10. The number of alkyl halides is 4. The van der Waals surface area contributed by atoms with Crippen molar-refractivity contribution in [1.29, 1.82) is 0 Å². The van der Waals surface area contributed by atoms with Gasteiger partial charge in [0.2, 0.25) is 4.77 Å². The zero-order chi connectivity index (χ0) is 29.2. The van der Waals surface area contributed by atoms with Crippen LogP contribution in [-0.4, -0.2) is 63.4 Å². The molecule has 2 aromatic rings. The highest BCUT2D eigenvalue weighted by Crippen LogP contribution is 2.53. The number of hydrogen-bond donors (Lipinski definition) is 3. The first-order valence-corrected chi connectivity index (χ1v) is 13.4. The maximum Gasteiger partial charge on any atom is 0.459 e. The highest BCUT2D eigenvalue weighted by atomic mass is 32.1. The smallest absolute Gasteiger partial charge is 0.459 e. The van der Waals surface area contributed by atoms with E-state index in [1.54, 1.807) is 19.9 Å². The molecule has 17 heteroatoms. The van der Waals surface area contributed by atoms with Crippen molar-refractivity contribution in [3.63, 3.8) is 0 Å². The van der Waals surface area contributed by atoms with Gasteiger partial charge in [-0.05, 0) is 51.2 Å². The van der Waals surface area contributed by atoms with Gasteiger partial charge in [0.1, 0.15) is 29.8 Å². The van der Waals surface area contributed by atoms with Crippen LogP contribution in [0.1, 0.15) is 27.0 Å². The third-order valence-corrected chi connectivity index (χ3v) is 7.36. The zero-order valence-electron chi connectivity index (χ0n) is 20.9. The summed E-state index contributed by atoms with van der Waals surface area (Å²) >= 11 is 4.90. The zero-order valence-corrected chi connectivity index (χ0v) is 22.6. The van der Waals surface area contributed by atoms with Crippen LogP contribution in [0.4, 0.5) is 23.4 Å². The predicted octanol–water partition coefficient (Wildman–Crippen LogP) is 3.86. The molecule has 2 unspecified atom stereocenters. The third kappa shape index (κ3) is 6.94. The molecular weight excluding hydrogens is 571 g/mol. The lowest BCUT2D eigenvalue weighted by Gasteiger charge is -2.31. The fraction of sp³-hybridized carbons (Fsp3) is 0.500. The number of nitrogens with one attached hydrogen (secondary N) is 1. The number of benzene rings is 1. The van der Waals surface area contributed by atoms with Crippen LogP contribution in [0.2, 0.25) is 0 Å². The van der Waals surface area contributed by atoms with Gasteiger partial charge in [-0.15, -0.1) is 0 Å². The Morgan fingerprint density at radius 1 is 1.31 bits per heavy atom. The number of aliphatic hydroxyl groups is 1. The van der Waals surface area contributed by atoms with Gasteiger partial charge in [0.25, 0.3) is 5.67 Å². The van der Waals surface area contributed by atoms with Gasteiger partial charge < -0.3 is 24.8 Å². The number of nitrogen functional groups attached to an aromatic ring is 1. The fourth-order valence-electron chi connectivity index (χ4n) is 3.57. The first kappa shape index (κ1) is 30.9. The van der Waals surface area contributed by atoms with Gasteiger partial charge in [0.05, 0.1) is 12.7 Å². The number of nitrogens with zero attached hydrogens (tertiary/aromatic N) is 2. The predicted molar refractivity (Wildman–Crippen MR) is 132 cm³/mol. The largest absolute Gasteiger partial charge is 0.462 e. The molecule has 4 N–H and O–H groups in total. The lowest BCUT2D eigenvalue weighted by molar-refractivity contribution is -0.273.